The third-order valence-electron chi connectivity index (χ3n) is 3.29. The van der Waals surface area contributed by atoms with Crippen LogP contribution in [0.15, 0.2) is 18.2 Å². The van der Waals surface area contributed by atoms with Crippen LogP contribution >= 0.6 is 0 Å². The molecule has 0 amide bonds. The fourth-order valence-electron chi connectivity index (χ4n) is 2.15. The first-order valence-corrected chi connectivity index (χ1v) is 6.71. The Morgan fingerprint density at radius 3 is 2.79 bits per heavy atom. The molecule has 19 heavy (non-hydrogen) atoms. The summed E-state index contributed by atoms with van der Waals surface area (Å²) in [4.78, 5) is 13.8. The molecule has 0 N–H and O–H groups in total. The topological polar surface area (TPSA) is 38.8 Å². The molecule has 1 fully saturated rings. The Morgan fingerprint density at radius 1 is 1.37 bits per heavy atom. The first-order chi connectivity index (χ1) is 9.16. The fourth-order valence-corrected chi connectivity index (χ4v) is 2.15. The summed E-state index contributed by atoms with van der Waals surface area (Å²) >= 11 is 0. The number of morpholine rings is 1. The highest BCUT2D eigenvalue weighted by Gasteiger charge is 2.12. The largest absolute Gasteiger partial charge is 0.491 e. The molecule has 0 spiro atoms. The van der Waals surface area contributed by atoms with E-state index in [2.05, 4.69) is 4.90 Å². The third-order valence-corrected chi connectivity index (χ3v) is 3.29. The molecule has 0 aliphatic carbocycles. The first-order valence-electron chi connectivity index (χ1n) is 6.71. The summed E-state index contributed by atoms with van der Waals surface area (Å²) in [5.74, 6) is 0.738. The summed E-state index contributed by atoms with van der Waals surface area (Å²) in [6.07, 6.45) is 0. The van der Waals surface area contributed by atoms with Crippen molar-refractivity contribution in [3.8, 4) is 5.75 Å². The molecule has 1 saturated heterocycles. The zero-order chi connectivity index (χ0) is 13.7. The Hall–Kier alpha value is -1.39. The highest BCUT2D eigenvalue weighted by molar-refractivity contribution is 5.96. The molecule has 1 aliphatic heterocycles. The van der Waals surface area contributed by atoms with E-state index in [-0.39, 0.29) is 5.78 Å². The van der Waals surface area contributed by atoms with E-state index in [1.165, 1.54) is 0 Å². The van der Waals surface area contributed by atoms with Crippen molar-refractivity contribution in [1.82, 2.24) is 4.90 Å². The van der Waals surface area contributed by atoms with E-state index in [1.54, 1.807) is 6.92 Å². The number of aryl methyl sites for hydroxylation is 1. The van der Waals surface area contributed by atoms with Crippen molar-refractivity contribution < 1.29 is 14.3 Å². The lowest BCUT2D eigenvalue weighted by Gasteiger charge is -2.26. The molecule has 1 aromatic rings. The minimum atomic E-state index is 0.0429. The van der Waals surface area contributed by atoms with E-state index in [0.29, 0.717) is 17.9 Å². The highest BCUT2D eigenvalue weighted by atomic mass is 16.5. The van der Waals surface area contributed by atoms with Crippen molar-refractivity contribution in [1.29, 1.82) is 0 Å². The van der Waals surface area contributed by atoms with Gasteiger partial charge in [0, 0.05) is 19.6 Å². The van der Waals surface area contributed by atoms with E-state index in [1.807, 2.05) is 25.1 Å². The Kier molecular flexibility index (Phi) is 4.93. The standard InChI is InChI=1S/C15H21NO3/c1-12-3-4-14(13(2)17)15(11-12)19-10-7-16-5-8-18-9-6-16/h3-4,11H,5-10H2,1-2H3. The molecule has 1 aliphatic rings. The van der Waals surface area contributed by atoms with E-state index >= 15 is 0 Å². The van der Waals surface area contributed by atoms with Gasteiger partial charge in [-0.1, -0.05) is 6.07 Å². The van der Waals surface area contributed by atoms with Crippen molar-refractivity contribution in [3.05, 3.63) is 29.3 Å². The van der Waals surface area contributed by atoms with Gasteiger partial charge in [0.2, 0.25) is 0 Å². The highest BCUT2D eigenvalue weighted by Crippen LogP contribution is 2.20. The van der Waals surface area contributed by atoms with E-state index in [4.69, 9.17) is 9.47 Å². The Balaban J connectivity index is 1.91. The predicted octanol–water partition coefficient (Wildman–Crippen LogP) is 1.91. The van der Waals surface area contributed by atoms with Gasteiger partial charge < -0.3 is 9.47 Å². The van der Waals surface area contributed by atoms with Gasteiger partial charge in [-0.2, -0.15) is 0 Å². The van der Waals surface area contributed by atoms with Crippen LogP contribution in [0, 0.1) is 6.92 Å². The summed E-state index contributed by atoms with van der Waals surface area (Å²) < 4.78 is 11.1. The van der Waals surface area contributed by atoms with Crippen molar-refractivity contribution >= 4 is 5.78 Å². The maximum absolute atomic E-state index is 11.5. The van der Waals surface area contributed by atoms with Gasteiger partial charge in [0.25, 0.3) is 0 Å². The maximum Gasteiger partial charge on any atom is 0.163 e. The number of hydrogen-bond donors (Lipinski definition) is 0. The summed E-state index contributed by atoms with van der Waals surface area (Å²) in [6.45, 7) is 8.54. The summed E-state index contributed by atoms with van der Waals surface area (Å²) in [6, 6.07) is 5.70. The molecule has 0 unspecified atom stereocenters. The number of ketones is 1. The van der Waals surface area contributed by atoms with Gasteiger partial charge >= 0.3 is 0 Å². The molecule has 0 atom stereocenters. The molecule has 4 nitrogen and oxygen atoms in total. The van der Waals surface area contributed by atoms with Crippen molar-refractivity contribution in [3.63, 3.8) is 0 Å². The first kappa shape index (κ1) is 14.0. The lowest BCUT2D eigenvalue weighted by molar-refractivity contribution is 0.0322. The fraction of sp³-hybridized carbons (Fsp3) is 0.533. The zero-order valence-electron chi connectivity index (χ0n) is 11.6. The third kappa shape index (κ3) is 4.04. The second kappa shape index (κ2) is 6.68. The molecule has 4 heteroatoms. The van der Waals surface area contributed by atoms with Crippen LogP contribution in [0.2, 0.25) is 0 Å². The van der Waals surface area contributed by atoms with Crippen LogP contribution in [-0.2, 0) is 4.74 Å². The van der Waals surface area contributed by atoms with Gasteiger partial charge in [-0.3, -0.25) is 9.69 Å². The number of carbonyl (C=O) groups is 1. The zero-order valence-corrected chi connectivity index (χ0v) is 11.6. The van der Waals surface area contributed by atoms with Crippen LogP contribution in [-0.4, -0.2) is 50.1 Å². The number of ether oxygens (including phenoxy) is 2. The lowest BCUT2D eigenvalue weighted by atomic mass is 10.1. The Bertz CT molecular complexity index is 439. The van der Waals surface area contributed by atoms with Crippen LogP contribution in [0.25, 0.3) is 0 Å². The second-order valence-corrected chi connectivity index (χ2v) is 4.86. The van der Waals surface area contributed by atoms with Crippen molar-refractivity contribution in [2.75, 3.05) is 39.5 Å². The summed E-state index contributed by atoms with van der Waals surface area (Å²) in [7, 11) is 0. The smallest absolute Gasteiger partial charge is 0.163 e. The molecule has 0 aromatic heterocycles. The Labute approximate surface area is 114 Å². The van der Waals surface area contributed by atoms with Crippen LogP contribution in [0.5, 0.6) is 5.75 Å². The van der Waals surface area contributed by atoms with Gasteiger partial charge in [0.1, 0.15) is 12.4 Å². The van der Waals surface area contributed by atoms with Gasteiger partial charge in [0.15, 0.2) is 5.78 Å². The lowest BCUT2D eigenvalue weighted by Crippen LogP contribution is -2.38. The Morgan fingerprint density at radius 2 is 2.11 bits per heavy atom. The molecular weight excluding hydrogens is 242 g/mol. The van der Waals surface area contributed by atoms with E-state index < -0.39 is 0 Å². The molecule has 0 bridgehead atoms. The van der Waals surface area contributed by atoms with Crippen molar-refractivity contribution in [2.45, 2.75) is 13.8 Å². The number of hydrogen-bond acceptors (Lipinski definition) is 4. The monoisotopic (exact) mass is 263 g/mol. The number of rotatable bonds is 5. The van der Waals surface area contributed by atoms with Gasteiger partial charge in [-0.25, -0.2) is 0 Å². The number of carbonyl (C=O) groups excluding carboxylic acids is 1. The average Bonchev–Trinajstić information content (AvgIpc) is 2.39. The molecule has 1 aromatic carbocycles. The van der Waals surface area contributed by atoms with Gasteiger partial charge in [-0.15, -0.1) is 0 Å². The van der Waals surface area contributed by atoms with Gasteiger partial charge in [-0.05, 0) is 31.5 Å². The van der Waals surface area contributed by atoms with E-state index in [9.17, 15) is 4.79 Å². The molecule has 0 saturated carbocycles. The molecule has 2 rings (SSSR count). The molecule has 1 heterocycles. The minimum Gasteiger partial charge on any atom is -0.491 e. The minimum absolute atomic E-state index is 0.0429. The number of Topliss-reactive ketones (excluding diaryl/α,β-unsaturated/α-hetero) is 1. The number of nitrogens with zero attached hydrogens (tertiary/aromatic N) is 1. The van der Waals surface area contributed by atoms with Crippen LogP contribution in [0.4, 0.5) is 0 Å². The van der Waals surface area contributed by atoms with Crippen LogP contribution < -0.4 is 4.74 Å². The number of benzene rings is 1. The average molecular weight is 263 g/mol. The van der Waals surface area contributed by atoms with Crippen LogP contribution in [0.3, 0.4) is 0 Å². The maximum atomic E-state index is 11.5. The molecular formula is C15H21NO3. The molecule has 104 valence electrons. The predicted molar refractivity (Wildman–Crippen MR) is 73.9 cm³/mol. The van der Waals surface area contributed by atoms with Gasteiger partial charge in [0.05, 0.1) is 18.8 Å². The normalized spacial score (nSPS) is 16.3. The summed E-state index contributed by atoms with van der Waals surface area (Å²) in [5.41, 5.74) is 1.76. The second-order valence-electron chi connectivity index (χ2n) is 4.86. The quantitative estimate of drug-likeness (QED) is 0.761. The molecule has 0 radical (unpaired) electrons. The summed E-state index contributed by atoms with van der Waals surface area (Å²) in [5, 5.41) is 0. The SMILES string of the molecule is CC(=O)c1ccc(C)cc1OCCN1CCOCC1. The van der Waals surface area contributed by atoms with Crippen molar-refractivity contribution in [2.24, 2.45) is 0 Å². The van der Waals surface area contributed by atoms with E-state index in [0.717, 1.165) is 38.4 Å². The van der Waals surface area contributed by atoms with Crippen LogP contribution in [0.1, 0.15) is 22.8 Å².